The summed E-state index contributed by atoms with van der Waals surface area (Å²) in [7, 11) is 0. The number of hydrogen-bond acceptors (Lipinski definition) is 2. The second-order valence-electron chi connectivity index (χ2n) is 2.61. The molecule has 0 atom stereocenters. The van der Waals surface area contributed by atoms with Gasteiger partial charge in [-0.1, -0.05) is 17.9 Å². The van der Waals surface area contributed by atoms with Crippen molar-refractivity contribution in [3.05, 3.63) is 30.1 Å². The minimum absolute atomic E-state index is 0.376. The van der Waals surface area contributed by atoms with Crippen LogP contribution in [0.25, 0.3) is 11.0 Å². The fourth-order valence-electron chi connectivity index (χ4n) is 1.21. The van der Waals surface area contributed by atoms with Crippen LogP contribution in [0.1, 0.15) is 5.56 Å². The molecule has 0 aliphatic rings. The number of aromatic nitrogens is 2. The van der Waals surface area contributed by atoms with Crippen molar-refractivity contribution in [2.24, 2.45) is 5.73 Å². The number of nitrogens with one attached hydrogen (secondary N) is 1. The average Bonchev–Trinajstić information content (AvgIpc) is 2.62. The maximum atomic E-state index is 5.29. The molecule has 0 fully saturated rings. The molecule has 0 aliphatic carbocycles. The average molecular weight is 171 g/mol. The molecule has 2 rings (SSSR count). The predicted octanol–water partition coefficient (Wildman–Crippen LogP) is 0.873. The molecule has 0 unspecified atom stereocenters. The summed E-state index contributed by atoms with van der Waals surface area (Å²) in [6, 6.07) is 5.85. The molecule has 2 aromatic rings. The van der Waals surface area contributed by atoms with Gasteiger partial charge in [-0.3, -0.25) is 0 Å². The molecular formula is C10H9N3. The maximum Gasteiger partial charge on any atom is 0.104 e. The van der Waals surface area contributed by atoms with Crippen LogP contribution in [-0.4, -0.2) is 16.5 Å². The molecule has 0 bridgehead atoms. The molecule has 64 valence electrons. The van der Waals surface area contributed by atoms with Crippen molar-refractivity contribution in [3.8, 4) is 11.8 Å². The van der Waals surface area contributed by atoms with Crippen LogP contribution in [0.4, 0.5) is 0 Å². The van der Waals surface area contributed by atoms with Gasteiger partial charge in [0.25, 0.3) is 0 Å². The van der Waals surface area contributed by atoms with Gasteiger partial charge in [-0.2, -0.15) is 0 Å². The lowest BCUT2D eigenvalue weighted by molar-refractivity contribution is 1.30. The maximum absolute atomic E-state index is 5.29. The third kappa shape index (κ3) is 1.40. The number of nitrogens with zero attached hydrogens (tertiary/aromatic N) is 1. The van der Waals surface area contributed by atoms with E-state index in [-0.39, 0.29) is 0 Å². The van der Waals surface area contributed by atoms with Gasteiger partial charge in [0.05, 0.1) is 24.0 Å². The Morgan fingerprint density at radius 3 is 3.23 bits per heavy atom. The van der Waals surface area contributed by atoms with Gasteiger partial charge in [0.15, 0.2) is 0 Å². The van der Waals surface area contributed by atoms with Gasteiger partial charge in [0.2, 0.25) is 0 Å². The largest absolute Gasteiger partial charge is 0.345 e. The second-order valence-corrected chi connectivity index (χ2v) is 2.61. The van der Waals surface area contributed by atoms with E-state index in [0.29, 0.717) is 6.54 Å². The Morgan fingerprint density at radius 2 is 2.38 bits per heavy atom. The van der Waals surface area contributed by atoms with Crippen molar-refractivity contribution >= 4 is 11.0 Å². The Balaban J connectivity index is 2.61. The number of nitrogens with two attached hydrogens (primary N) is 1. The summed E-state index contributed by atoms with van der Waals surface area (Å²) < 4.78 is 0. The molecule has 3 N–H and O–H groups in total. The summed E-state index contributed by atoms with van der Waals surface area (Å²) in [6.07, 6.45) is 1.66. The Bertz CT molecular complexity index is 473. The normalized spacial score (nSPS) is 9.62. The number of para-hydroxylation sites is 1. The van der Waals surface area contributed by atoms with Crippen LogP contribution in [0.2, 0.25) is 0 Å². The zero-order valence-corrected chi connectivity index (χ0v) is 7.04. The van der Waals surface area contributed by atoms with Crippen molar-refractivity contribution in [1.82, 2.24) is 9.97 Å². The first-order valence-electron chi connectivity index (χ1n) is 4.03. The number of rotatable bonds is 0. The van der Waals surface area contributed by atoms with E-state index in [1.165, 1.54) is 0 Å². The van der Waals surface area contributed by atoms with Crippen LogP contribution in [0.5, 0.6) is 0 Å². The number of imidazole rings is 1. The van der Waals surface area contributed by atoms with Crippen LogP contribution < -0.4 is 5.73 Å². The molecule has 0 amide bonds. The van der Waals surface area contributed by atoms with Crippen LogP contribution in [0.3, 0.4) is 0 Å². The lowest BCUT2D eigenvalue weighted by Crippen LogP contribution is -1.93. The highest BCUT2D eigenvalue weighted by molar-refractivity contribution is 5.81. The summed E-state index contributed by atoms with van der Waals surface area (Å²) in [5, 5.41) is 0. The summed E-state index contributed by atoms with van der Waals surface area (Å²) in [4.78, 5) is 7.20. The summed E-state index contributed by atoms with van der Waals surface area (Å²) in [5.41, 5.74) is 8.12. The highest BCUT2D eigenvalue weighted by Crippen LogP contribution is 2.12. The monoisotopic (exact) mass is 171 g/mol. The SMILES string of the molecule is NCC#Cc1cccc2[nH]cnc12. The number of benzene rings is 1. The molecule has 13 heavy (non-hydrogen) atoms. The number of hydrogen-bond donors (Lipinski definition) is 2. The van der Waals surface area contributed by atoms with E-state index in [1.54, 1.807) is 6.33 Å². The molecular weight excluding hydrogens is 162 g/mol. The standard InChI is InChI=1S/C10H9N3/c11-6-2-4-8-3-1-5-9-10(8)13-7-12-9/h1,3,5,7H,6,11H2,(H,12,13). The molecule has 3 heteroatoms. The molecule has 1 aromatic heterocycles. The Hall–Kier alpha value is -1.79. The summed E-state index contributed by atoms with van der Waals surface area (Å²) in [5.74, 6) is 5.79. The third-order valence-electron chi connectivity index (χ3n) is 1.77. The number of fused-ring (bicyclic) bond motifs is 1. The topological polar surface area (TPSA) is 54.7 Å². The van der Waals surface area contributed by atoms with Crippen molar-refractivity contribution < 1.29 is 0 Å². The van der Waals surface area contributed by atoms with Gasteiger partial charge in [0, 0.05) is 0 Å². The first-order valence-corrected chi connectivity index (χ1v) is 4.03. The second kappa shape index (κ2) is 3.30. The lowest BCUT2D eigenvalue weighted by atomic mass is 10.2. The molecule has 0 radical (unpaired) electrons. The Morgan fingerprint density at radius 1 is 1.46 bits per heavy atom. The van der Waals surface area contributed by atoms with Crippen molar-refractivity contribution in [3.63, 3.8) is 0 Å². The summed E-state index contributed by atoms with van der Waals surface area (Å²) >= 11 is 0. The molecule has 1 heterocycles. The van der Waals surface area contributed by atoms with Gasteiger partial charge in [0.1, 0.15) is 5.52 Å². The van der Waals surface area contributed by atoms with Gasteiger partial charge >= 0.3 is 0 Å². The lowest BCUT2D eigenvalue weighted by Gasteiger charge is -1.90. The van der Waals surface area contributed by atoms with Crippen LogP contribution in [0.15, 0.2) is 24.5 Å². The first-order chi connectivity index (χ1) is 6.42. The molecule has 0 saturated heterocycles. The fourth-order valence-corrected chi connectivity index (χ4v) is 1.21. The van der Waals surface area contributed by atoms with E-state index in [4.69, 9.17) is 5.73 Å². The van der Waals surface area contributed by atoms with Gasteiger partial charge < -0.3 is 10.7 Å². The number of aromatic amines is 1. The molecule has 0 aliphatic heterocycles. The van der Waals surface area contributed by atoms with Crippen molar-refractivity contribution in [1.29, 1.82) is 0 Å². The Labute approximate surface area is 76.0 Å². The quantitative estimate of drug-likeness (QED) is 0.578. The van der Waals surface area contributed by atoms with Crippen LogP contribution >= 0.6 is 0 Å². The van der Waals surface area contributed by atoms with E-state index in [0.717, 1.165) is 16.6 Å². The highest BCUT2D eigenvalue weighted by Gasteiger charge is 1.98. The van der Waals surface area contributed by atoms with Crippen LogP contribution in [0, 0.1) is 11.8 Å². The van der Waals surface area contributed by atoms with Gasteiger partial charge in [-0.15, -0.1) is 0 Å². The van der Waals surface area contributed by atoms with E-state index in [1.807, 2.05) is 18.2 Å². The minimum Gasteiger partial charge on any atom is -0.345 e. The zero-order valence-electron chi connectivity index (χ0n) is 7.04. The first kappa shape index (κ1) is 7.84. The molecule has 0 saturated carbocycles. The van der Waals surface area contributed by atoms with Crippen LogP contribution in [-0.2, 0) is 0 Å². The molecule has 0 spiro atoms. The van der Waals surface area contributed by atoms with E-state index >= 15 is 0 Å². The van der Waals surface area contributed by atoms with Crippen molar-refractivity contribution in [2.45, 2.75) is 0 Å². The highest BCUT2D eigenvalue weighted by atomic mass is 14.9. The zero-order chi connectivity index (χ0) is 9.10. The van der Waals surface area contributed by atoms with E-state index in [9.17, 15) is 0 Å². The van der Waals surface area contributed by atoms with Crippen molar-refractivity contribution in [2.75, 3.05) is 6.54 Å². The van der Waals surface area contributed by atoms with E-state index in [2.05, 4.69) is 21.8 Å². The van der Waals surface area contributed by atoms with Gasteiger partial charge in [-0.25, -0.2) is 4.98 Å². The predicted molar refractivity (Wildman–Crippen MR) is 52.0 cm³/mol. The van der Waals surface area contributed by atoms with Gasteiger partial charge in [-0.05, 0) is 12.1 Å². The fraction of sp³-hybridized carbons (Fsp3) is 0.100. The molecule has 1 aromatic carbocycles. The molecule has 3 nitrogen and oxygen atoms in total. The summed E-state index contributed by atoms with van der Waals surface area (Å²) in [6.45, 7) is 0.376. The number of H-pyrrole nitrogens is 1. The minimum atomic E-state index is 0.376. The van der Waals surface area contributed by atoms with E-state index < -0.39 is 0 Å². The Kier molecular flexibility index (Phi) is 1.99. The third-order valence-corrected chi connectivity index (χ3v) is 1.77. The smallest absolute Gasteiger partial charge is 0.104 e.